The molecule has 7 nitrogen and oxygen atoms in total. The van der Waals surface area contributed by atoms with Crippen molar-refractivity contribution >= 4 is 34.7 Å². The predicted molar refractivity (Wildman–Crippen MR) is 89.3 cm³/mol. The molecule has 0 saturated carbocycles. The number of benzene rings is 1. The highest BCUT2D eigenvalue weighted by atomic mass is 32.2. The van der Waals surface area contributed by atoms with Gasteiger partial charge in [0.2, 0.25) is 5.55 Å². The highest BCUT2D eigenvalue weighted by molar-refractivity contribution is 8.01. The van der Waals surface area contributed by atoms with Gasteiger partial charge in [-0.3, -0.25) is 5.41 Å². The zero-order valence-corrected chi connectivity index (χ0v) is 14.2. The fourth-order valence-corrected chi connectivity index (χ4v) is 5.24. The highest BCUT2D eigenvalue weighted by Crippen LogP contribution is 2.65. The third kappa shape index (κ3) is 1.89. The fourth-order valence-electron chi connectivity index (χ4n) is 3.54. The molecule has 3 heterocycles. The molecule has 2 aliphatic rings. The molecule has 25 heavy (non-hydrogen) atoms. The first kappa shape index (κ1) is 15.9. The maximum atomic E-state index is 12.4. The zero-order chi connectivity index (χ0) is 17.9. The first-order valence-corrected chi connectivity index (χ1v) is 8.30. The second-order valence-electron chi connectivity index (χ2n) is 5.72. The lowest BCUT2D eigenvalue weighted by atomic mass is 9.82. The minimum absolute atomic E-state index is 0.0170. The van der Waals surface area contributed by atoms with Crippen molar-refractivity contribution in [3.63, 3.8) is 0 Å². The molecule has 128 valence electrons. The van der Waals surface area contributed by atoms with Gasteiger partial charge in [0.25, 0.3) is 0 Å². The van der Waals surface area contributed by atoms with E-state index in [1.165, 1.54) is 26.0 Å². The Morgan fingerprint density at radius 3 is 2.60 bits per heavy atom. The number of esters is 2. The van der Waals surface area contributed by atoms with Crippen LogP contribution < -0.4 is 11.3 Å². The van der Waals surface area contributed by atoms with E-state index in [9.17, 15) is 9.59 Å². The zero-order valence-electron chi connectivity index (χ0n) is 13.4. The number of carbonyl (C=O) groups is 2. The van der Waals surface area contributed by atoms with Gasteiger partial charge in [0.1, 0.15) is 10.5 Å². The van der Waals surface area contributed by atoms with Crippen LogP contribution in [0.4, 0.5) is 0 Å². The Labute approximate surface area is 146 Å². The summed E-state index contributed by atoms with van der Waals surface area (Å²) in [5.41, 5.74) is 8.22. The SMILES string of the molecule is COC(=O)C1=C(C(=O)OC)C2(N)SC1c1c2c(=N)oc2ccccc12. The number of thioether (sulfide) groups is 1. The molecule has 0 amide bonds. The normalized spacial score (nSPS) is 23.7. The van der Waals surface area contributed by atoms with Crippen LogP contribution in [0.15, 0.2) is 39.8 Å². The summed E-state index contributed by atoms with van der Waals surface area (Å²) in [7, 11) is 2.47. The van der Waals surface area contributed by atoms with Crippen LogP contribution in [-0.4, -0.2) is 26.2 Å². The van der Waals surface area contributed by atoms with Crippen LogP contribution in [0.1, 0.15) is 16.4 Å². The van der Waals surface area contributed by atoms with Gasteiger partial charge in [-0.25, -0.2) is 9.59 Å². The van der Waals surface area contributed by atoms with Crippen molar-refractivity contribution in [1.82, 2.24) is 0 Å². The number of hydrogen-bond acceptors (Lipinski definition) is 8. The highest BCUT2D eigenvalue weighted by Gasteiger charge is 2.60. The maximum absolute atomic E-state index is 12.4. The number of nitrogens with one attached hydrogen (secondary N) is 1. The van der Waals surface area contributed by atoms with Gasteiger partial charge in [0.05, 0.1) is 36.2 Å². The number of ether oxygens (including phenoxy) is 2. The molecule has 0 fully saturated rings. The van der Waals surface area contributed by atoms with E-state index in [2.05, 4.69) is 0 Å². The molecule has 2 aromatic rings. The van der Waals surface area contributed by atoms with E-state index in [-0.39, 0.29) is 16.7 Å². The van der Waals surface area contributed by atoms with Crippen LogP contribution in [0.2, 0.25) is 0 Å². The molecule has 1 aromatic carbocycles. The van der Waals surface area contributed by atoms with E-state index in [1.54, 1.807) is 12.1 Å². The minimum Gasteiger partial charge on any atom is -0.466 e. The van der Waals surface area contributed by atoms with Crippen LogP contribution in [0.3, 0.4) is 0 Å². The number of nitrogens with two attached hydrogens (primary N) is 1. The number of para-hydroxylation sites is 1. The lowest BCUT2D eigenvalue weighted by Gasteiger charge is -2.26. The van der Waals surface area contributed by atoms with Crippen molar-refractivity contribution < 1.29 is 23.5 Å². The summed E-state index contributed by atoms with van der Waals surface area (Å²) in [6.45, 7) is 0. The number of hydrogen-bond donors (Lipinski definition) is 2. The van der Waals surface area contributed by atoms with Gasteiger partial charge >= 0.3 is 11.9 Å². The summed E-state index contributed by atoms with van der Waals surface area (Å²) >= 11 is 1.22. The summed E-state index contributed by atoms with van der Waals surface area (Å²) in [6.07, 6.45) is 0. The monoisotopic (exact) mass is 358 g/mol. The fraction of sp³-hybridized carbons (Fsp3) is 0.235. The van der Waals surface area contributed by atoms with E-state index < -0.39 is 22.1 Å². The van der Waals surface area contributed by atoms with E-state index in [4.69, 9.17) is 25.0 Å². The number of fused-ring (bicyclic) bond motifs is 7. The standard InChI is InChI=1S/C17H14N2O5S/c1-22-15(20)10-12(16(21)23-2)17(19)11-9(13(10)25-17)7-5-3-4-6-8(7)24-14(11)18/h3-6,13,18H,19H2,1-2H3. The average molecular weight is 358 g/mol. The number of methoxy groups -OCH3 is 2. The number of carbonyl (C=O) groups excluding carboxylic acids is 2. The van der Waals surface area contributed by atoms with Crippen LogP contribution in [0.5, 0.6) is 0 Å². The molecule has 0 spiro atoms. The summed E-state index contributed by atoms with van der Waals surface area (Å²) < 4.78 is 15.3. The van der Waals surface area contributed by atoms with Crippen molar-refractivity contribution in [2.45, 2.75) is 10.1 Å². The van der Waals surface area contributed by atoms with Crippen molar-refractivity contribution in [2.24, 2.45) is 5.73 Å². The summed E-state index contributed by atoms with van der Waals surface area (Å²) in [6, 6.07) is 7.22. The van der Waals surface area contributed by atoms with E-state index in [0.29, 0.717) is 16.7 Å². The molecule has 2 unspecified atom stereocenters. The first-order valence-electron chi connectivity index (χ1n) is 7.42. The van der Waals surface area contributed by atoms with Crippen LogP contribution in [-0.2, 0) is 23.9 Å². The van der Waals surface area contributed by atoms with Gasteiger partial charge in [-0.2, -0.15) is 0 Å². The molecule has 8 heteroatoms. The van der Waals surface area contributed by atoms with Crippen molar-refractivity contribution in [3.8, 4) is 0 Å². The van der Waals surface area contributed by atoms with Gasteiger partial charge in [-0.1, -0.05) is 18.2 Å². The summed E-state index contributed by atoms with van der Waals surface area (Å²) in [4.78, 5) is 23.3. The molecule has 4 rings (SSSR count). The summed E-state index contributed by atoms with van der Waals surface area (Å²) in [5, 5.41) is 8.50. The Morgan fingerprint density at radius 1 is 1.24 bits per heavy atom. The van der Waals surface area contributed by atoms with E-state index in [0.717, 1.165) is 5.39 Å². The summed E-state index contributed by atoms with van der Waals surface area (Å²) in [5.74, 6) is -1.34. The maximum Gasteiger partial charge on any atom is 0.337 e. The van der Waals surface area contributed by atoms with Crippen LogP contribution >= 0.6 is 11.8 Å². The molecule has 3 N–H and O–H groups in total. The lowest BCUT2D eigenvalue weighted by Crippen LogP contribution is -2.41. The lowest BCUT2D eigenvalue weighted by molar-refractivity contribution is -0.139. The molecule has 2 bridgehead atoms. The van der Waals surface area contributed by atoms with Crippen LogP contribution in [0, 0.1) is 5.41 Å². The van der Waals surface area contributed by atoms with E-state index >= 15 is 0 Å². The van der Waals surface area contributed by atoms with Crippen molar-refractivity contribution in [2.75, 3.05) is 14.2 Å². The van der Waals surface area contributed by atoms with Gasteiger partial charge in [0.15, 0.2) is 0 Å². The predicted octanol–water partition coefficient (Wildman–Crippen LogP) is 1.47. The second-order valence-corrected chi connectivity index (χ2v) is 7.07. The Bertz CT molecular complexity index is 1040. The smallest absolute Gasteiger partial charge is 0.337 e. The Kier molecular flexibility index (Phi) is 3.32. The molecule has 2 aliphatic heterocycles. The van der Waals surface area contributed by atoms with Crippen molar-refractivity contribution in [1.29, 1.82) is 5.41 Å². The van der Waals surface area contributed by atoms with Crippen molar-refractivity contribution in [3.05, 3.63) is 52.1 Å². The molecular weight excluding hydrogens is 344 g/mol. The molecule has 2 atom stereocenters. The Hall–Kier alpha value is -2.58. The molecule has 0 aliphatic carbocycles. The third-order valence-electron chi connectivity index (χ3n) is 4.52. The second kappa shape index (κ2) is 5.21. The van der Waals surface area contributed by atoms with E-state index in [1.807, 2.05) is 12.1 Å². The quantitative estimate of drug-likeness (QED) is 0.781. The van der Waals surface area contributed by atoms with Crippen LogP contribution in [0.25, 0.3) is 11.0 Å². The molecule has 1 aromatic heterocycles. The Morgan fingerprint density at radius 2 is 1.92 bits per heavy atom. The van der Waals surface area contributed by atoms with Gasteiger partial charge in [-0.15, -0.1) is 11.8 Å². The molecule has 0 radical (unpaired) electrons. The third-order valence-corrected chi connectivity index (χ3v) is 6.01. The van der Waals surface area contributed by atoms with Gasteiger partial charge in [-0.05, 0) is 11.6 Å². The molecule has 0 saturated heterocycles. The van der Waals surface area contributed by atoms with Gasteiger partial charge < -0.3 is 19.6 Å². The topological polar surface area (TPSA) is 116 Å². The number of rotatable bonds is 2. The first-order chi connectivity index (χ1) is 11.9. The minimum atomic E-state index is -1.39. The average Bonchev–Trinajstić information content (AvgIpc) is 3.09. The van der Waals surface area contributed by atoms with Gasteiger partial charge in [0, 0.05) is 5.39 Å². The Balaban J connectivity index is 2.11. The largest absolute Gasteiger partial charge is 0.466 e. The molecular formula is C17H14N2O5S.